The number of rotatable bonds is 19. The van der Waals surface area contributed by atoms with Crippen LogP contribution in [0.4, 0.5) is 0 Å². The van der Waals surface area contributed by atoms with Crippen molar-refractivity contribution in [2.75, 3.05) is 6.54 Å². The number of unbranched alkanes of at least 4 members (excludes halogenated alkanes) is 15. The molecule has 29 heavy (non-hydrogen) atoms. The van der Waals surface area contributed by atoms with Crippen molar-refractivity contribution in [3.8, 4) is 0 Å². The van der Waals surface area contributed by atoms with Gasteiger partial charge in [0.25, 0.3) is 5.91 Å². The van der Waals surface area contributed by atoms with E-state index < -0.39 is 5.97 Å². The number of carbonyl (C=O) groups excluding carboxylic acids is 1. The van der Waals surface area contributed by atoms with Gasteiger partial charge in [0.05, 0.1) is 0 Å². The lowest BCUT2D eigenvalue weighted by Crippen LogP contribution is -2.23. The van der Waals surface area contributed by atoms with Gasteiger partial charge in [-0.3, -0.25) is 4.79 Å². The van der Waals surface area contributed by atoms with E-state index in [9.17, 15) is 9.59 Å². The molecule has 0 spiro atoms. The zero-order valence-corrected chi connectivity index (χ0v) is 18.3. The number of aromatic carboxylic acids is 1. The van der Waals surface area contributed by atoms with E-state index in [4.69, 9.17) is 9.52 Å². The monoisotopic (exact) mass is 407 g/mol. The second-order valence-corrected chi connectivity index (χ2v) is 8.03. The highest BCUT2D eigenvalue weighted by Gasteiger charge is 2.14. The van der Waals surface area contributed by atoms with Crippen LogP contribution in [0.15, 0.2) is 16.5 Å². The van der Waals surface area contributed by atoms with Crippen LogP contribution in [0, 0.1) is 0 Å². The predicted molar refractivity (Wildman–Crippen MR) is 118 cm³/mol. The fourth-order valence-corrected chi connectivity index (χ4v) is 3.54. The molecule has 0 aliphatic carbocycles. The normalized spacial score (nSPS) is 10.9. The summed E-state index contributed by atoms with van der Waals surface area (Å²) in [6.45, 7) is 2.87. The largest absolute Gasteiger partial charge is 0.475 e. The number of furan rings is 1. The molecule has 5 nitrogen and oxygen atoms in total. The van der Waals surface area contributed by atoms with Crippen molar-refractivity contribution < 1.29 is 19.1 Å². The van der Waals surface area contributed by atoms with Gasteiger partial charge in [-0.25, -0.2) is 4.79 Å². The lowest BCUT2D eigenvalue weighted by Gasteiger charge is -2.04. The minimum absolute atomic E-state index is 0.0545. The zero-order valence-electron chi connectivity index (χ0n) is 18.3. The van der Waals surface area contributed by atoms with E-state index in [1.807, 2.05) is 0 Å². The second kappa shape index (κ2) is 17.1. The van der Waals surface area contributed by atoms with Crippen LogP contribution in [-0.2, 0) is 0 Å². The Morgan fingerprint density at radius 3 is 1.55 bits per heavy atom. The SMILES string of the molecule is CCCCCCCCCCCCCCCCCCNC(=O)c1ccc(C(=O)O)o1. The molecule has 0 radical (unpaired) electrons. The summed E-state index contributed by atoms with van der Waals surface area (Å²) in [7, 11) is 0. The van der Waals surface area contributed by atoms with E-state index in [-0.39, 0.29) is 17.4 Å². The van der Waals surface area contributed by atoms with Gasteiger partial charge < -0.3 is 14.8 Å². The number of nitrogens with one attached hydrogen (secondary N) is 1. The molecule has 1 heterocycles. The lowest BCUT2D eigenvalue weighted by molar-refractivity contribution is 0.0659. The number of amides is 1. The highest BCUT2D eigenvalue weighted by molar-refractivity contribution is 5.93. The minimum atomic E-state index is -1.16. The Labute approximate surface area is 176 Å². The highest BCUT2D eigenvalue weighted by atomic mass is 16.4. The molecule has 1 aromatic rings. The van der Waals surface area contributed by atoms with Crippen LogP contribution < -0.4 is 5.32 Å². The topological polar surface area (TPSA) is 79.5 Å². The van der Waals surface area contributed by atoms with Crippen LogP contribution in [-0.4, -0.2) is 23.5 Å². The van der Waals surface area contributed by atoms with E-state index >= 15 is 0 Å². The molecule has 166 valence electrons. The third-order valence-electron chi connectivity index (χ3n) is 5.36. The summed E-state index contributed by atoms with van der Waals surface area (Å²) in [5.74, 6) is -1.67. The number of carboxylic acid groups (broad SMARTS) is 1. The lowest BCUT2D eigenvalue weighted by atomic mass is 10.0. The standard InChI is InChI=1S/C24H41NO4/c1-2-3-4-5-6-7-8-9-10-11-12-13-14-15-16-17-20-25-23(26)21-18-19-22(29-21)24(27)28/h18-19H,2-17,20H2,1H3,(H,25,26)(H,27,28). The summed E-state index contributed by atoms with van der Waals surface area (Å²) >= 11 is 0. The molecule has 0 aliphatic rings. The molecule has 1 aromatic heterocycles. The van der Waals surface area contributed by atoms with Gasteiger partial charge in [-0.1, -0.05) is 103 Å². The maximum Gasteiger partial charge on any atom is 0.371 e. The molecule has 1 amide bonds. The molecule has 2 N–H and O–H groups in total. The van der Waals surface area contributed by atoms with Gasteiger partial charge >= 0.3 is 5.97 Å². The molecule has 0 saturated heterocycles. The third kappa shape index (κ3) is 13.1. The van der Waals surface area contributed by atoms with E-state index in [0.717, 1.165) is 12.8 Å². The van der Waals surface area contributed by atoms with Crippen molar-refractivity contribution >= 4 is 11.9 Å². The van der Waals surface area contributed by atoms with Gasteiger partial charge in [-0.2, -0.15) is 0 Å². The Hall–Kier alpha value is -1.78. The Bertz CT molecular complexity index is 553. The quantitative estimate of drug-likeness (QED) is 0.243. The van der Waals surface area contributed by atoms with Gasteiger partial charge in [0, 0.05) is 6.54 Å². The summed E-state index contributed by atoms with van der Waals surface area (Å²) < 4.78 is 4.98. The average Bonchev–Trinajstić information content (AvgIpc) is 3.21. The molecule has 0 bridgehead atoms. The van der Waals surface area contributed by atoms with Crippen LogP contribution in [0.3, 0.4) is 0 Å². The Morgan fingerprint density at radius 2 is 1.14 bits per heavy atom. The van der Waals surface area contributed by atoms with Crippen molar-refractivity contribution in [2.45, 2.75) is 110 Å². The number of hydrogen-bond acceptors (Lipinski definition) is 3. The fourth-order valence-electron chi connectivity index (χ4n) is 3.54. The zero-order chi connectivity index (χ0) is 21.2. The average molecular weight is 408 g/mol. The van der Waals surface area contributed by atoms with Gasteiger partial charge in [0.2, 0.25) is 5.76 Å². The maximum absolute atomic E-state index is 11.8. The summed E-state index contributed by atoms with van der Waals surface area (Å²) in [5, 5.41) is 11.6. The van der Waals surface area contributed by atoms with Gasteiger partial charge in [0.1, 0.15) is 0 Å². The van der Waals surface area contributed by atoms with Crippen molar-refractivity contribution in [3.63, 3.8) is 0 Å². The Morgan fingerprint density at radius 1 is 0.724 bits per heavy atom. The molecule has 5 heteroatoms. The molecule has 0 saturated carbocycles. The van der Waals surface area contributed by atoms with Crippen molar-refractivity contribution in [3.05, 3.63) is 23.7 Å². The molecule has 0 aliphatic heterocycles. The fraction of sp³-hybridized carbons (Fsp3) is 0.750. The Kier molecular flexibility index (Phi) is 14.9. The van der Waals surface area contributed by atoms with E-state index in [0.29, 0.717) is 6.54 Å². The van der Waals surface area contributed by atoms with Gasteiger partial charge in [0.15, 0.2) is 5.76 Å². The minimum Gasteiger partial charge on any atom is -0.475 e. The van der Waals surface area contributed by atoms with Gasteiger partial charge in [-0.15, -0.1) is 0 Å². The smallest absolute Gasteiger partial charge is 0.371 e. The molecule has 0 atom stereocenters. The molecule has 0 aromatic carbocycles. The van der Waals surface area contributed by atoms with Crippen LogP contribution in [0.25, 0.3) is 0 Å². The first-order chi connectivity index (χ1) is 14.1. The van der Waals surface area contributed by atoms with Crippen LogP contribution in [0.1, 0.15) is 131 Å². The third-order valence-corrected chi connectivity index (χ3v) is 5.36. The summed E-state index contributed by atoms with van der Waals surface area (Å²) in [4.78, 5) is 22.6. The first-order valence-corrected chi connectivity index (χ1v) is 11.8. The van der Waals surface area contributed by atoms with Gasteiger partial charge in [-0.05, 0) is 18.6 Å². The highest BCUT2D eigenvalue weighted by Crippen LogP contribution is 2.13. The van der Waals surface area contributed by atoms with Crippen LogP contribution in [0.5, 0.6) is 0 Å². The molecule has 0 fully saturated rings. The van der Waals surface area contributed by atoms with Crippen molar-refractivity contribution in [1.29, 1.82) is 0 Å². The summed E-state index contributed by atoms with van der Waals surface area (Å²) in [5.41, 5.74) is 0. The molecular formula is C24H41NO4. The maximum atomic E-state index is 11.8. The first-order valence-electron chi connectivity index (χ1n) is 11.8. The molecule has 0 unspecified atom stereocenters. The van der Waals surface area contributed by atoms with E-state index in [2.05, 4.69) is 12.2 Å². The van der Waals surface area contributed by atoms with E-state index in [1.165, 1.54) is 102 Å². The number of carbonyl (C=O) groups is 2. The van der Waals surface area contributed by atoms with Crippen LogP contribution >= 0.6 is 0 Å². The second-order valence-electron chi connectivity index (χ2n) is 8.03. The number of carboxylic acids is 1. The summed E-state index contributed by atoms with van der Waals surface area (Å²) in [6, 6.07) is 2.69. The van der Waals surface area contributed by atoms with E-state index in [1.54, 1.807) is 0 Å². The molecular weight excluding hydrogens is 366 g/mol. The Balaban J connectivity index is 1.82. The number of hydrogen-bond donors (Lipinski definition) is 2. The summed E-state index contributed by atoms with van der Waals surface area (Å²) in [6.07, 6.45) is 21.2. The first kappa shape index (κ1) is 25.3. The van der Waals surface area contributed by atoms with Crippen molar-refractivity contribution in [2.24, 2.45) is 0 Å². The molecule has 1 rings (SSSR count). The van der Waals surface area contributed by atoms with Crippen LogP contribution in [0.2, 0.25) is 0 Å². The predicted octanol–water partition coefficient (Wildman–Crippen LogP) is 6.97. The van der Waals surface area contributed by atoms with Crippen molar-refractivity contribution in [1.82, 2.24) is 5.32 Å².